The smallest absolute Gasteiger partial charge is 0.270 e. The molecule has 0 saturated carbocycles. The fraction of sp³-hybridized carbons (Fsp3) is 0.500. The van der Waals surface area contributed by atoms with Gasteiger partial charge in [-0.1, -0.05) is 45.4 Å². The minimum atomic E-state index is -0.589. The maximum atomic E-state index is 13.8. The Morgan fingerprint density at radius 3 is 2.30 bits per heavy atom. The molecule has 3 rings (SSSR count). The lowest BCUT2D eigenvalue weighted by Gasteiger charge is -2.31. The minimum Gasteiger partial charge on any atom is -0.331 e. The van der Waals surface area contributed by atoms with Gasteiger partial charge in [-0.2, -0.15) is 0 Å². The van der Waals surface area contributed by atoms with Gasteiger partial charge in [0.1, 0.15) is 11.6 Å². The zero-order valence-electron chi connectivity index (χ0n) is 23.9. The highest BCUT2D eigenvalue weighted by Crippen LogP contribution is 2.26. The van der Waals surface area contributed by atoms with E-state index in [1.165, 1.54) is 72.7 Å². The van der Waals surface area contributed by atoms with Gasteiger partial charge < -0.3 is 9.80 Å². The van der Waals surface area contributed by atoms with Gasteiger partial charge in [0.05, 0.1) is 27.6 Å². The van der Waals surface area contributed by atoms with Gasteiger partial charge in [-0.15, -0.1) is 0 Å². The molecule has 0 saturated heterocycles. The van der Waals surface area contributed by atoms with E-state index >= 15 is 0 Å². The number of aromatic nitrogens is 2. The maximum absolute atomic E-state index is 13.8. The molecule has 0 fully saturated rings. The van der Waals surface area contributed by atoms with Crippen molar-refractivity contribution in [2.75, 3.05) is 27.2 Å². The highest BCUT2D eigenvalue weighted by atomic mass is 19.1. The number of non-ortho nitro benzene ring substituents is 1. The van der Waals surface area contributed by atoms with Crippen molar-refractivity contribution in [3.63, 3.8) is 0 Å². The van der Waals surface area contributed by atoms with E-state index in [-0.39, 0.29) is 17.0 Å². The quantitative estimate of drug-likeness (QED) is 0.129. The molecule has 0 N–H and O–H groups in total. The third kappa shape index (κ3) is 7.94. The Kier molecular flexibility index (Phi) is 11.3. The van der Waals surface area contributed by atoms with Crippen molar-refractivity contribution in [1.82, 2.24) is 19.4 Å². The van der Waals surface area contributed by atoms with Gasteiger partial charge in [0.15, 0.2) is 0 Å². The molecule has 0 aliphatic rings. The van der Waals surface area contributed by atoms with E-state index < -0.39 is 22.3 Å². The summed E-state index contributed by atoms with van der Waals surface area (Å²) in [5.74, 6) is -0.176. The van der Waals surface area contributed by atoms with Crippen molar-refractivity contribution in [2.45, 2.75) is 71.3 Å². The third-order valence-electron chi connectivity index (χ3n) is 7.12. The Labute approximate surface area is 234 Å². The average molecular weight is 554 g/mol. The lowest BCUT2D eigenvalue weighted by atomic mass is 10.1. The second-order valence-electron chi connectivity index (χ2n) is 10.5. The van der Waals surface area contributed by atoms with Crippen LogP contribution >= 0.6 is 0 Å². The number of unbranched alkanes of at least 4 members (excludes halogenated alkanes) is 6. The molecule has 1 unspecified atom stereocenters. The first-order chi connectivity index (χ1) is 19.1. The predicted octanol–water partition coefficient (Wildman–Crippen LogP) is 6.02. The number of nitro benzene ring substituents is 1. The molecule has 3 aromatic rings. The van der Waals surface area contributed by atoms with Crippen LogP contribution in [0.25, 0.3) is 16.6 Å². The number of nitro groups is 1. The van der Waals surface area contributed by atoms with Gasteiger partial charge in [-0.3, -0.25) is 24.3 Å². The molecule has 1 amide bonds. The van der Waals surface area contributed by atoms with Crippen LogP contribution in [0.1, 0.15) is 77.1 Å². The second-order valence-corrected chi connectivity index (χ2v) is 10.5. The molecule has 0 radical (unpaired) electrons. The van der Waals surface area contributed by atoms with E-state index in [4.69, 9.17) is 4.98 Å². The number of benzene rings is 2. The largest absolute Gasteiger partial charge is 0.331 e. The first-order valence-electron chi connectivity index (χ1n) is 14.0. The van der Waals surface area contributed by atoms with Gasteiger partial charge in [-0.25, -0.2) is 9.37 Å². The van der Waals surface area contributed by atoms with Crippen LogP contribution in [0.5, 0.6) is 0 Å². The van der Waals surface area contributed by atoms with Crippen LogP contribution in [0, 0.1) is 15.9 Å². The summed E-state index contributed by atoms with van der Waals surface area (Å²) in [5.41, 5.74) is -0.0891. The standard InChI is InChI=1S/C30H40FN5O4/c1-5-6-7-8-9-10-11-12-28(37)34(20-19-33(3)4)22(2)29-32-27-18-17-25(36(39)40)21-26(27)30(38)35(29)24-15-13-23(31)14-16-24/h13-18,21-22H,5-12,19-20H2,1-4H3. The normalized spacial score (nSPS) is 12.2. The third-order valence-corrected chi connectivity index (χ3v) is 7.12. The Morgan fingerprint density at radius 1 is 1.02 bits per heavy atom. The number of hydrogen-bond acceptors (Lipinski definition) is 6. The Balaban J connectivity index is 2.01. The SMILES string of the molecule is CCCCCCCCCC(=O)N(CCN(C)C)C(C)c1nc2ccc([N+](=O)[O-])cc2c(=O)n1-c1ccc(F)cc1. The first kappa shape index (κ1) is 30.9. The number of amides is 1. The van der Waals surface area contributed by atoms with Crippen molar-refractivity contribution in [2.24, 2.45) is 0 Å². The summed E-state index contributed by atoms with van der Waals surface area (Å²) in [5, 5.41) is 11.4. The molecule has 0 aliphatic heterocycles. The number of likely N-dealkylation sites (N-methyl/N-ethyl adjacent to an activating group) is 1. The molecule has 216 valence electrons. The summed E-state index contributed by atoms with van der Waals surface area (Å²) in [6.07, 6.45) is 8.08. The molecule has 2 aromatic carbocycles. The van der Waals surface area contributed by atoms with Crippen LogP contribution in [-0.2, 0) is 4.79 Å². The molecular formula is C30H40FN5O4. The van der Waals surface area contributed by atoms with E-state index in [9.17, 15) is 24.1 Å². The Morgan fingerprint density at radius 2 is 1.68 bits per heavy atom. The topological polar surface area (TPSA) is 102 Å². The zero-order valence-corrected chi connectivity index (χ0v) is 23.9. The minimum absolute atomic E-state index is 0.0217. The van der Waals surface area contributed by atoms with Crippen molar-refractivity contribution >= 4 is 22.5 Å². The van der Waals surface area contributed by atoms with E-state index in [1.54, 1.807) is 4.90 Å². The molecule has 10 heteroatoms. The highest BCUT2D eigenvalue weighted by Gasteiger charge is 2.27. The molecule has 1 aromatic heterocycles. The number of carbonyl (C=O) groups is 1. The number of halogens is 1. The highest BCUT2D eigenvalue weighted by molar-refractivity contribution is 5.81. The van der Waals surface area contributed by atoms with Crippen molar-refractivity contribution < 1.29 is 14.1 Å². The predicted molar refractivity (Wildman–Crippen MR) is 155 cm³/mol. The summed E-state index contributed by atoms with van der Waals surface area (Å²) < 4.78 is 15.1. The Hall–Kier alpha value is -3.66. The summed E-state index contributed by atoms with van der Waals surface area (Å²) >= 11 is 0. The van der Waals surface area contributed by atoms with Crippen molar-refractivity contribution in [3.05, 3.63) is 74.6 Å². The molecule has 0 aliphatic carbocycles. The van der Waals surface area contributed by atoms with Gasteiger partial charge in [0.2, 0.25) is 5.91 Å². The second kappa shape index (κ2) is 14.6. The van der Waals surface area contributed by atoms with Crippen LogP contribution in [0.2, 0.25) is 0 Å². The van der Waals surface area contributed by atoms with Gasteiger partial charge >= 0.3 is 0 Å². The number of carbonyl (C=O) groups excluding carboxylic acids is 1. The monoisotopic (exact) mass is 553 g/mol. The van der Waals surface area contributed by atoms with E-state index in [2.05, 4.69) is 6.92 Å². The summed E-state index contributed by atoms with van der Waals surface area (Å²) in [6.45, 7) is 5.07. The zero-order chi connectivity index (χ0) is 29.2. The molecular weight excluding hydrogens is 513 g/mol. The van der Waals surface area contributed by atoms with Crippen molar-refractivity contribution in [1.29, 1.82) is 0 Å². The molecule has 1 atom stereocenters. The number of fused-ring (bicyclic) bond motifs is 1. The van der Waals surface area contributed by atoms with Crippen LogP contribution < -0.4 is 5.56 Å². The summed E-state index contributed by atoms with van der Waals surface area (Å²) in [6, 6.07) is 8.77. The Bertz CT molecular complexity index is 1360. The van der Waals surface area contributed by atoms with Gasteiger partial charge in [0.25, 0.3) is 11.2 Å². The molecule has 40 heavy (non-hydrogen) atoms. The van der Waals surface area contributed by atoms with Crippen molar-refractivity contribution in [3.8, 4) is 5.69 Å². The van der Waals surface area contributed by atoms with Crippen LogP contribution in [0.3, 0.4) is 0 Å². The molecule has 9 nitrogen and oxygen atoms in total. The number of hydrogen-bond donors (Lipinski definition) is 0. The lowest BCUT2D eigenvalue weighted by molar-refractivity contribution is -0.384. The van der Waals surface area contributed by atoms with Crippen LogP contribution in [-0.4, -0.2) is 57.4 Å². The lowest BCUT2D eigenvalue weighted by Crippen LogP contribution is -2.40. The fourth-order valence-corrected chi connectivity index (χ4v) is 4.78. The van der Waals surface area contributed by atoms with Gasteiger partial charge in [-0.05, 0) is 57.8 Å². The summed E-state index contributed by atoms with van der Waals surface area (Å²) in [4.78, 5) is 46.6. The number of nitrogens with zero attached hydrogens (tertiary/aromatic N) is 5. The fourth-order valence-electron chi connectivity index (χ4n) is 4.78. The molecule has 0 spiro atoms. The van der Waals surface area contributed by atoms with Crippen LogP contribution in [0.15, 0.2) is 47.3 Å². The van der Waals surface area contributed by atoms with E-state index in [0.717, 1.165) is 19.3 Å². The molecule has 0 bridgehead atoms. The number of rotatable bonds is 15. The van der Waals surface area contributed by atoms with E-state index in [1.807, 2.05) is 25.9 Å². The summed E-state index contributed by atoms with van der Waals surface area (Å²) in [7, 11) is 3.86. The maximum Gasteiger partial charge on any atom is 0.270 e. The first-order valence-corrected chi connectivity index (χ1v) is 14.0. The van der Waals surface area contributed by atoms with E-state index in [0.29, 0.717) is 36.5 Å². The average Bonchev–Trinajstić information content (AvgIpc) is 2.92. The molecule has 1 heterocycles. The van der Waals surface area contributed by atoms with Gasteiger partial charge in [0, 0.05) is 31.6 Å². The van der Waals surface area contributed by atoms with Crippen LogP contribution in [0.4, 0.5) is 10.1 Å².